The van der Waals surface area contributed by atoms with Gasteiger partial charge in [-0.2, -0.15) is 0 Å². The van der Waals surface area contributed by atoms with Gasteiger partial charge in [0, 0.05) is 25.7 Å². The van der Waals surface area contributed by atoms with E-state index in [1.165, 1.54) is 0 Å². The van der Waals surface area contributed by atoms with E-state index in [2.05, 4.69) is 10.6 Å². The van der Waals surface area contributed by atoms with Gasteiger partial charge in [-0.1, -0.05) is 25.0 Å². The summed E-state index contributed by atoms with van der Waals surface area (Å²) >= 11 is 0. The fourth-order valence-electron chi connectivity index (χ4n) is 2.02. The van der Waals surface area contributed by atoms with Crippen molar-refractivity contribution in [3.8, 4) is 0 Å². The van der Waals surface area contributed by atoms with Crippen LogP contribution in [-0.4, -0.2) is 30.6 Å². The van der Waals surface area contributed by atoms with Crippen molar-refractivity contribution in [2.24, 2.45) is 0 Å². The van der Waals surface area contributed by atoms with Crippen LogP contribution in [0.4, 0.5) is 5.69 Å². The van der Waals surface area contributed by atoms with Gasteiger partial charge in [0.15, 0.2) is 0 Å². The Morgan fingerprint density at radius 2 is 1.81 bits per heavy atom. The van der Waals surface area contributed by atoms with Crippen molar-refractivity contribution in [2.75, 3.05) is 18.9 Å². The van der Waals surface area contributed by atoms with Crippen LogP contribution < -0.4 is 16.1 Å². The molecule has 4 N–H and O–H groups in total. The van der Waals surface area contributed by atoms with E-state index in [9.17, 15) is 9.59 Å². The lowest BCUT2D eigenvalue weighted by Crippen LogP contribution is -2.25. The fourth-order valence-corrected chi connectivity index (χ4v) is 2.02. The number of hydrogen-bond donors (Lipinski definition) is 4. The smallest absolute Gasteiger partial charge is 0.253 e. The van der Waals surface area contributed by atoms with Crippen molar-refractivity contribution in [3.05, 3.63) is 29.8 Å². The minimum Gasteiger partial charge on any atom is -0.387 e. The number of carbonyl (C=O) groups excluding carboxylic acids is 2. The number of benzene rings is 1. The first kappa shape index (κ1) is 17.0. The van der Waals surface area contributed by atoms with Gasteiger partial charge in [-0.15, -0.1) is 0 Å². The molecule has 0 bridgehead atoms. The summed E-state index contributed by atoms with van der Waals surface area (Å²) in [5, 5.41) is 14.2. The molecular formula is C15H23N3O3. The molecule has 6 heteroatoms. The van der Waals surface area contributed by atoms with E-state index in [0.29, 0.717) is 18.5 Å². The van der Waals surface area contributed by atoms with E-state index < -0.39 is 0 Å². The molecular weight excluding hydrogens is 270 g/mol. The Kier molecular flexibility index (Phi) is 7.89. The van der Waals surface area contributed by atoms with Crippen LogP contribution in [-0.2, 0) is 4.79 Å². The fraction of sp³-hybridized carbons (Fsp3) is 0.467. The molecule has 21 heavy (non-hydrogen) atoms. The molecule has 0 saturated heterocycles. The van der Waals surface area contributed by atoms with E-state index in [0.717, 1.165) is 31.4 Å². The molecule has 0 aliphatic carbocycles. The first-order chi connectivity index (χ1) is 10.2. The zero-order valence-electron chi connectivity index (χ0n) is 12.3. The Bertz CT molecular complexity index is 463. The Hall–Kier alpha value is -2.08. The quantitative estimate of drug-likeness (QED) is 0.318. The van der Waals surface area contributed by atoms with E-state index in [1.54, 1.807) is 18.6 Å². The van der Waals surface area contributed by atoms with Crippen molar-refractivity contribution < 1.29 is 14.8 Å². The van der Waals surface area contributed by atoms with Gasteiger partial charge in [0.25, 0.3) is 5.91 Å². The minimum absolute atomic E-state index is 0.0837. The molecule has 2 amide bonds. The zero-order chi connectivity index (χ0) is 15.5. The molecule has 116 valence electrons. The second-order valence-electron chi connectivity index (χ2n) is 4.75. The third-order valence-corrected chi connectivity index (χ3v) is 3.18. The number of rotatable bonds is 9. The lowest BCUT2D eigenvalue weighted by molar-refractivity contribution is -0.129. The monoisotopic (exact) mass is 293 g/mol. The topological polar surface area (TPSA) is 90.5 Å². The summed E-state index contributed by atoms with van der Waals surface area (Å²) in [6.07, 6.45) is 3.78. The number of anilines is 1. The van der Waals surface area contributed by atoms with Gasteiger partial charge in [-0.3, -0.25) is 14.8 Å². The van der Waals surface area contributed by atoms with Crippen molar-refractivity contribution in [2.45, 2.75) is 32.1 Å². The number of unbranched alkanes of at least 4 members (excludes halogenated alkanes) is 3. The van der Waals surface area contributed by atoms with Crippen LogP contribution in [0.15, 0.2) is 24.3 Å². The molecule has 1 aromatic rings. The van der Waals surface area contributed by atoms with Gasteiger partial charge in [0.1, 0.15) is 0 Å². The zero-order valence-corrected chi connectivity index (χ0v) is 12.3. The maximum atomic E-state index is 12.0. The summed E-state index contributed by atoms with van der Waals surface area (Å²) in [5.74, 6) is -0.438. The first-order valence-electron chi connectivity index (χ1n) is 7.17. The molecule has 0 unspecified atom stereocenters. The van der Waals surface area contributed by atoms with Crippen molar-refractivity contribution in [3.63, 3.8) is 0 Å². The molecule has 1 rings (SSSR count). The summed E-state index contributed by atoms with van der Waals surface area (Å²) < 4.78 is 0. The highest BCUT2D eigenvalue weighted by molar-refractivity contribution is 5.99. The third-order valence-electron chi connectivity index (χ3n) is 3.18. The summed E-state index contributed by atoms with van der Waals surface area (Å²) in [4.78, 5) is 22.8. The van der Waals surface area contributed by atoms with Crippen LogP contribution in [0.2, 0.25) is 0 Å². The van der Waals surface area contributed by atoms with Crippen molar-refractivity contribution in [1.82, 2.24) is 10.8 Å². The Morgan fingerprint density at radius 1 is 1.10 bits per heavy atom. The van der Waals surface area contributed by atoms with Crippen LogP contribution in [0.25, 0.3) is 0 Å². The summed E-state index contributed by atoms with van der Waals surface area (Å²) in [6, 6.07) is 7.36. The molecule has 0 fully saturated rings. The van der Waals surface area contributed by atoms with Crippen molar-refractivity contribution in [1.29, 1.82) is 0 Å². The van der Waals surface area contributed by atoms with Crippen LogP contribution in [0.1, 0.15) is 42.5 Å². The van der Waals surface area contributed by atoms with Crippen LogP contribution in [0, 0.1) is 0 Å². The lowest BCUT2D eigenvalue weighted by Gasteiger charge is -2.09. The first-order valence-corrected chi connectivity index (χ1v) is 7.17. The average molecular weight is 293 g/mol. The van der Waals surface area contributed by atoms with E-state index in [1.807, 2.05) is 18.2 Å². The maximum absolute atomic E-state index is 12.0. The lowest BCUT2D eigenvalue weighted by atomic mass is 10.1. The molecule has 0 aromatic heterocycles. The molecule has 6 nitrogen and oxygen atoms in total. The molecule has 0 atom stereocenters. The van der Waals surface area contributed by atoms with Gasteiger partial charge in [-0.05, 0) is 25.0 Å². The van der Waals surface area contributed by atoms with Crippen LogP contribution >= 0.6 is 0 Å². The summed E-state index contributed by atoms with van der Waals surface area (Å²) in [5.41, 5.74) is 3.06. The number of hydroxylamine groups is 1. The second kappa shape index (κ2) is 9.77. The van der Waals surface area contributed by atoms with Gasteiger partial charge < -0.3 is 10.6 Å². The molecule has 0 saturated carbocycles. The van der Waals surface area contributed by atoms with Crippen LogP contribution in [0.5, 0.6) is 0 Å². The molecule has 0 radical (unpaired) electrons. The largest absolute Gasteiger partial charge is 0.387 e. The highest BCUT2D eigenvalue weighted by Gasteiger charge is 2.08. The van der Waals surface area contributed by atoms with E-state index in [4.69, 9.17) is 5.21 Å². The molecule has 0 heterocycles. The van der Waals surface area contributed by atoms with Crippen molar-refractivity contribution >= 4 is 17.5 Å². The Morgan fingerprint density at radius 3 is 2.52 bits per heavy atom. The van der Waals surface area contributed by atoms with Crippen LogP contribution in [0.3, 0.4) is 0 Å². The van der Waals surface area contributed by atoms with E-state index in [-0.39, 0.29) is 11.8 Å². The molecule has 1 aromatic carbocycles. The number of carbonyl (C=O) groups is 2. The van der Waals surface area contributed by atoms with Gasteiger partial charge in [0.2, 0.25) is 5.91 Å². The summed E-state index contributed by atoms with van der Waals surface area (Å²) in [7, 11) is 1.79. The highest BCUT2D eigenvalue weighted by atomic mass is 16.5. The molecule has 0 aliphatic heterocycles. The number of para-hydroxylation sites is 1. The molecule has 0 aliphatic rings. The Balaban J connectivity index is 2.18. The third kappa shape index (κ3) is 6.27. The summed E-state index contributed by atoms with van der Waals surface area (Å²) in [6.45, 7) is 0.614. The Labute approximate surface area is 124 Å². The van der Waals surface area contributed by atoms with E-state index >= 15 is 0 Å². The predicted molar refractivity (Wildman–Crippen MR) is 81.3 cm³/mol. The average Bonchev–Trinajstić information content (AvgIpc) is 2.53. The number of nitrogens with one attached hydrogen (secondary N) is 3. The second-order valence-corrected chi connectivity index (χ2v) is 4.75. The van der Waals surface area contributed by atoms with Gasteiger partial charge in [-0.25, -0.2) is 5.48 Å². The normalized spacial score (nSPS) is 10.0. The standard InChI is InChI=1S/C15H23N3O3/c1-16-13-9-6-5-8-12(13)15(20)17-11-7-3-2-4-10-14(19)18-21/h5-6,8-9,16,21H,2-4,7,10-11H2,1H3,(H,17,20)(H,18,19). The predicted octanol–water partition coefficient (Wildman–Crippen LogP) is 1.91. The van der Waals surface area contributed by atoms with Gasteiger partial charge >= 0.3 is 0 Å². The number of hydrogen-bond acceptors (Lipinski definition) is 4. The highest BCUT2D eigenvalue weighted by Crippen LogP contribution is 2.13. The molecule has 0 spiro atoms. The van der Waals surface area contributed by atoms with Gasteiger partial charge in [0.05, 0.1) is 5.56 Å². The SMILES string of the molecule is CNc1ccccc1C(=O)NCCCCCCC(=O)NO. The maximum Gasteiger partial charge on any atom is 0.253 e. The minimum atomic E-state index is -0.355. The number of amides is 2.